The second-order valence-corrected chi connectivity index (χ2v) is 6.07. The van der Waals surface area contributed by atoms with Crippen molar-refractivity contribution >= 4 is 17.5 Å². The summed E-state index contributed by atoms with van der Waals surface area (Å²) in [6, 6.07) is 10.3. The largest absolute Gasteiger partial charge is 0.497 e. The van der Waals surface area contributed by atoms with Crippen LogP contribution in [0.25, 0.3) is 0 Å². The zero-order valence-corrected chi connectivity index (χ0v) is 14.5. The number of carbonyl (C=O) groups excluding carboxylic acids is 2. The number of amides is 2. The number of aryl methyl sites for hydroxylation is 1. The van der Waals surface area contributed by atoms with Gasteiger partial charge in [-0.2, -0.15) is 0 Å². The number of hydrogen-bond donors (Lipinski definition) is 1. The number of nitrogens with one attached hydrogen (secondary N) is 1. The Morgan fingerprint density at radius 2 is 1.96 bits per heavy atom. The Labute approximate surface area is 151 Å². The van der Waals surface area contributed by atoms with Gasteiger partial charge in [-0.25, -0.2) is 9.18 Å². The molecule has 1 unspecified atom stereocenters. The first-order valence-electron chi connectivity index (χ1n) is 8.18. The number of benzene rings is 2. The lowest BCUT2D eigenvalue weighted by Crippen LogP contribution is -2.37. The van der Waals surface area contributed by atoms with Crippen LogP contribution in [0.4, 0.5) is 14.9 Å². The summed E-state index contributed by atoms with van der Waals surface area (Å²) >= 11 is 0. The van der Waals surface area contributed by atoms with Gasteiger partial charge in [-0.3, -0.25) is 9.69 Å². The molecule has 134 valence electrons. The summed E-state index contributed by atoms with van der Waals surface area (Å²) in [5, 5.41) is 2.85. The van der Waals surface area contributed by atoms with Crippen molar-refractivity contribution in [3.63, 3.8) is 0 Å². The highest BCUT2D eigenvalue weighted by molar-refractivity contribution is 5.96. The van der Waals surface area contributed by atoms with Crippen molar-refractivity contribution in [1.82, 2.24) is 4.90 Å². The second kappa shape index (κ2) is 7.39. The van der Waals surface area contributed by atoms with Crippen LogP contribution in [0.2, 0.25) is 0 Å². The van der Waals surface area contributed by atoms with Crippen molar-refractivity contribution in [2.45, 2.75) is 19.4 Å². The zero-order chi connectivity index (χ0) is 18.7. The van der Waals surface area contributed by atoms with Crippen LogP contribution in [0.5, 0.6) is 5.75 Å². The van der Waals surface area contributed by atoms with Gasteiger partial charge in [-0.05, 0) is 54.5 Å². The van der Waals surface area contributed by atoms with Gasteiger partial charge < -0.3 is 10.1 Å². The van der Waals surface area contributed by atoms with Gasteiger partial charge >= 0.3 is 6.03 Å². The fraction of sp³-hybridized carbons (Fsp3) is 0.200. The van der Waals surface area contributed by atoms with E-state index in [0.717, 1.165) is 5.56 Å². The number of allylic oxidation sites excluding steroid dienone is 1. The molecule has 3 rings (SSSR count). The van der Waals surface area contributed by atoms with E-state index < -0.39 is 6.04 Å². The standard InChI is InChI=1S/C20H19FN2O3/c1-13-11-17(26-2)7-8-18(13)22-20(25)23-10-9-16(24)12-19(23)14-3-5-15(21)6-4-14/h3-11,19H,12H2,1-2H3,(H,22,25). The van der Waals surface area contributed by atoms with E-state index in [1.165, 1.54) is 29.3 Å². The van der Waals surface area contributed by atoms with E-state index in [9.17, 15) is 14.0 Å². The van der Waals surface area contributed by atoms with Crippen LogP contribution in [-0.4, -0.2) is 23.8 Å². The molecule has 1 heterocycles. The monoisotopic (exact) mass is 354 g/mol. The van der Waals surface area contributed by atoms with Gasteiger partial charge in [0.2, 0.25) is 0 Å². The molecule has 0 saturated carbocycles. The lowest BCUT2D eigenvalue weighted by Gasteiger charge is -2.31. The van der Waals surface area contributed by atoms with E-state index in [2.05, 4.69) is 5.32 Å². The lowest BCUT2D eigenvalue weighted by atomic mass is 9.97. The number of anilines is 1. The molecule has 0 saturated heterocycles. The van der Waals surface area contributed by atoms with Gasteiger partial charge in [0.25, 0.3) is 0 Å². The Balaban J connectivity index is 1.84. The van der Waals surface area contributed by atoms with Crippen LogP contribution in [0.3, 0.4) is 0 Å². The Morgan fingerprint density at radius 1 is 1.23 bits per heavy atom. The summed E-state index contributed by atoms with van der Waals surface area (Å²) in [4.78, 5) is 26.1. The van der Waals surface area contributed by atoms with E-state index in [4.69, 9.17) is 4.74 Å². The third kappa shape index (κ3) is 3.74. The summed E-state index contributed by atoms with van der Waals surface area (Å²) in [5.74, 6) is 0.258. The van der Waals surface area contributed by atoms with Gasteiger partial charge in [0.1, 0.15) is 11.6 Å². The minimum atomic E-state index is -0.480. The average Bonchev–Trinajstić information content (AvgIpc) is 2.63. The topological polar surface area (TPSA) is 58.6 Å². The third-order valence-electron chi connectivity index (χ3n) is 4.32. The second-order valence-electron chi connectivity index (χ2n) is 6.07. The number of carbonyl (C=O) groups is 2. The molecule has 2 aromatic carbocycles. The Hall–Kier alpha value is -3.15. The fourth-order valence-corrected chi connectivity index (χ4v) is 2.88. The van der Waals surface area contributed by atoms with Crippen LogP contribution in [-0.2, 0) is 4.79 Å². The number of ether oxygens (including phenoxy) is 1. The highest BCUT2D eigenvalue weighted by Gasteiger charge is 2.29. The Bertz CT molecular complexity index is 862. The summed E-state index contributed by atoms with van der Waals surface area (Å²) in [7, 11) is 1.58. The predicted octanol–water partition coefficient (Wildman–Crippen LogP) is 4.20. The summed E-state index contributed by atoms with van der Waals surface area (Å²) in [6.45, 7) is 1.87. The van der Waals surface area contributed by atoms with Crippen molar-refractivity contribution in [1.29, 1.82) is 0 Å². The minimum absolute atomic E-state index is 0.0796. The van der Waals surface area contributed by atoms with Crippen molar-refractivity contribution in [2.75, 3.05) is 12.4 Å². The van der Waals surface area contributed by atoms with Crippen LogP contribution in [0, 0.1) is 12.7 Å². The number of rotatable bonds is 3. The quantitative estimate of drug-likeness (QED) is 0.898. The first-order chi connectivity index (χ1) is 12.5. The van der Waals surface area contributed by atoms with E-state index in [-0.39, 0.29) is 24.1 Å². The van der Waals surface area contributed by atoms with Gasteiger partial charge in [-0.15, -0.1) is 0 Å². The molecule has 0 spiro atoms. The number of hydrogen-bond acceptors (Lipinski definition) is 3. The highest BCUT2D eigenvalue weighted by atomic mass is 19.1. The SMILES string of the molecule is COc1ccc(NC(=O)N2C=CC(=O)CC2c2ccc(F)cc2)c(C)c1. The molecule has 1 aliphatic heterocycles. The van der Waals surface area contributed by atoms with E-state index in [1.54, 1.807) is 31.4 Å². The average molecular weight is 354 g/mol. The van der Waals surface area contributed by atoms with Gasteiger partial charge in [-0.1, -0.05) is 12.1 Å². The Morgan fingerprint density at radius 3 is 2.62 bits per heavy atom. The van der Waals surface area contributed by atoms with Crippen LogP contribution >= 0.6 is 0 Å². The van der Waals surface area contributed by atoms with Crippen LogP contribution in [0.15, 0.2) is 54.7 Å². The number of nitrogens with zero attached hydrogens (tertiary/aromatic N) is 1. The molecule has 1 atom stereocenters. The van der Waals surface area contributed by atoms with E-state index >= 15 is 0 Å². The van der Waals surface area contributed by atoms with Gasteiger partial charge in [0.05, 0.1) is 13.2 Å². The van der Waals surface area contributed by atoms with Crippen molar-refractivity contribution in [2.24, 2.45) is 0 Å². The molecule has 2 aromatic rings. The van der Waals surface area contributed by atoms with E-state index in [1.807, 2.05) is 13.0 Å². The molecule has 0 aromatic heterocycles. The van der Waals surface area contributed by atoms with Gasteiger partial charge in [0, 0.05) is 18.3 Å². The number of urea groups is 1. The normalized spacial score (nSPS) is 16.5. The third-order valence-corrected chi connectivity index (χ3v) is 4.32. The molecule has 0 bridgehead atoms. The zero-order valence-electron chi connectivity index (χ0n) is 14.5. The molecule has 1 aliphatic rings. The Kier molecular flexibility index (Phi) is 5.02. The smallest absolute Gasteiger partial charge is 0.326 e. The number of halogens is 1. The molecule has 1 N–H and O–H groups in total. The summed E-state index contributed by atoms with van der Waals surface area (Å²) in [6.07, 6.45) is 2.99. The predicted molar refractivity (Wildman–Crippen MR) is 96.5 cm³/mol. The number of methoxy groups -OCH3 is 1. The van der Waals surface area contributed by atoms with E-state index in [0.29, 0.717) is 17.0 Å². The molecule has 5 nitrogen and oxygen atoms in total. The first kappa shape index (κ1) is 17.7. The maximum absolute atomic E-state index is 13.2. The van der Waals surface area contributed by atoms with Crippen molar-refractivity contribution in [3.05, 3.63) is 71.7 Å². The highest BCUT2D eigenvalue weighted by Crippen LogP contribution is 2.30. The summed E-state index contributed by atoms with van der Waals surface area (Å²) < 4.78 is 18.4. The molecule has 0 radical (unpaired) electrons. The first-order valence-corrected chi connectivity index (χ1v) is 8.18. The molecule has 0 aliphatic carbocycles. The summed E-state index contributed by atoms with van der Waals surface area (Å²) in [5.41, 5.74) is 2.21. The van der Waals surface area contributed by atoms with Gasteiger partial charge in [0.15, 0.2) is 5.78 Å². The lowest BCUT2D eigenvalue weighted by molar-refractivity contribution is -0.116. The fourth-order valence-electron chi connectivity index (χ4n) is 2.88. The molecule has 26 heavy (non-hydrogen) atoms. The van der Waals surface area contributed by atoms with Crippen LogP contribution < -0.4 is 10.1 Å². The molecule has 6 heteroatoms. The molecular weight excluding hydrogens is 335 g/mol. The minimum Gasteiger partial charge on any atom is -0.497 e. The van der Waals surface area contributed by atoms with Crippen molar-refractivity contribution < 1.29 is 18.7 Å². The molecular formula is C20H19FN2O3. The molecule has 2 amide bonds. The molecule has 0 fully saturated rings. The maximum Gasteiger partial charge on any atom is 0.326 e. The number of ketones is 1. The van der Waals surface area contributed by atoms with Crippen molar-refractivity contribution in [3.8, 4) is 5.75 Å². The maximum atomic E-state index is 13.2. The van der Waals surface area contributed by atoms with Crippen LogP contribution in [0.1, 0.15) is 23.6 Å².